The number of hydrogen-bond acceptors (Lipinski definition) is 6. The number of carbonyl (C=O) groups is 1. The summed E-state index contributed by atoms with van der Waals surface area (Å²) >= 11 is 6.41. The summed E-state index contributed by atoms with van der Waals surface area (Å²) in [5, 5.41) is 6.49. The summed E-state index contributed by atoms with van der Waals surface area (Å²) in [6.07, 6.45) is 4.78. The average molecular weight is 509 g/mol. The minimum absolute atomic E-state index is 0.172. The van der Waals surface area contributed by atoms with Crippen molar-refractivity contribution in [3.8, 4) is 5.75 Å². The lowest BCUT2D eigenvalue weighted by molar-refractivity contribution is -0.116. The van der Waals surface area contributed by atoms with Crippen LogP contribution >= 0.6 is 11.6 Å². The Morgan fingerprint density at radius 2 is 2.06 bits per heavy atom. The first-order chi connectivity index (χ1) is 17.4. The van der Waals surface area contributed by atoms with Gasteiger partial charge in [0.2, 0.25) is 5.91 Å². The van der Waals surface area contributed by atoms with E-state index in [2.05, 4.69) is 25.6 Å². The van der Waals surface area contributed by atoms with E-state index < -0.39 is 0 Å². The van der Waals surface area contributed by atoms with E-state index in [9.17, 15) is 9.18 Å². The summed E-state index contributed by atoms with van der Waals surface area (Å²) in [6.45, 7) is 1.21. The maximum absolute atomic E-state index is 13.4. The highest BCUT2D eigenvalue weighted by Crippen LogP contribution is 2.31. The normalized spacial score (nSPS) is 11.4. The molecule has 0 aliphatic carbocycles. The van der Waals surface area contributed by atoms with Gasteiger partial charge in [0, 0.05) is 24.0 Å². The molecule has 0 aliphatic rings. The highest BCUT2D eigenvalue weighted by atomic mass is 35.5. The summed E-state index contributed by atoms with van der Waals surface area (Å²) in [5.74, 6) is 0.559. The molecule has 0 saturated carbocycles. The summed E-state index contributed by atoms with van der Waals surface area (Å²) in [5.41, 5.74) is 3.61. The first-order valence-corrected chi connectivity index (χ1v) is 11.6. The number of ether oxygens (including phenoxy) is 1. The molecule has 0 fully saturated rings. The van der Waals surface area contributed by atoms with E-state index in [0.717, 1.165) is 5.69 Å². The van der Waals surface area contributed by atoms with Gasteiger partial charge < -0.3 is 25.3 Å². The Balaban J connectivity index is 1.41. The largest absolute Gasteiger partial charge is 0.487 e. The monoisotopic (exact) mass is 508 g/mol. The number of fused-ring (bicyclic) bond motifs is 1. The number of anilines is 2. The molecule has 1 amide bonds. The van der Waals surface area contributed by atoms with E-state index in [1.165, 1.54) is 24.5 Å². The van der Waals surface area contributed by atoms with Crippen LogP contribution in [0.5, 0.6) is 5.75 Å². The van der Waals surface area contributed by atoms with Gasteiger partial charge in [-0.2, -0.15) is 0 Å². The number of nitrogens with one attached hydrogen (secondary N) is 3. The predicted molar refractivity (Wildman–Crippen MR) is 139 cm³/mol. The zero-order chi connectivity index (χ0) is 25.5. The molecule has 0 atom stereocenters. The van der Waals surface area contributed by atoms with Gasteiger partial charge in [-0.25, -0.2) is 14.4 Å². The molecule has 2 heterocycles. The maximum Gasteiger partial charge on any atom is 0.244 e. The highest BCUT2D eigenvalue weighted by molar-refractivity contribution is 6.32. The van der Waals surface area contributed by atoms with Crippen molar-refractivity contribution in [2.75, 3.05) is 26.0 Å². The molecule has 0 unspecified atom stereocenters. The number of likely N-dealkylation sites (N-methyl/N-ethyl adjacent to an activating group) is 1. The van der Waals surface area contributed by atoms with Gasteiger partial charge in [0.25, 0.3) is 0 Å². The molecule has 4 rings (SSSR count). The zero-order valence-corrected chi connectivity index (χ0v) is 20.6. The molecule has 36 heavy (non-hydrogen) atoms. The molecule has 2 aromatic carbocycles. The van der Waals surface area contributed by atoms with Gasteiger partial charge in [0.15, 0.2) is 5.82 Å². The number of rotatable bonds is 10. The Bertz CT molecular complexity index is 1390. The molecule has 10 heteroatoms. The number of aromatic nitrogens is 3. The summed E-state index contributed by atoms with van der Waals surface area (Å²) in [4.78, 5) is 25.9. The minimum atomic E-state index is -0.315. The zero-order valence-electron chi connectivity index (χ0n) is 19.9. The van der Waals surface area contributed by atoms with E-state index in [4.69, 9.17) is 16.3 Å². The fraction of sp³-hybridized carbons (Fsp3) is 0.192. The minimum Gasteiger partial charge on any atom is -0.487 e. The van der Waals surface area contributed by atoms with E-state index in [1.54, 1.807) is 30.3 Å². The standard InChI is InChI=1S/C26H26ClFN6O2/c1-34(2)10-4-7-24(35)29-14-20-13-22-25(32-20)26(31-16-30-22)33-19-8-9-23(21(27)12-19)36-15-17-5-3-6-18(28)11-17/h3-9,11-13,16,32H,10,14-15H2,1-2H3,(H,29,35)(H,30,31,33)/b7-4+. The van der Waals surface area contributed by atoms with Gasteiger partial charge in [-0.15, -0.1) is 0 Å². The van der Waals surface area contributed by atoms with Crippen LogP contribution in [0.4, 0.5) is 15.9 Å². The Hall–Kier alpha value is -3.95. The van der Waals surface area contributed by atoms with E-state index in [1.807, 2.05) is 31.1 Å². The number of amides is 1. The Morgan fingerprint density at radius 3 is 2.83 bits per heavy atom. The summed E-state index contributed by atoms with van der Waals surface area (Å²) in [6, 6.07) is 13.4. The highest BCUT2D eigenvalue weighted by Gasteiger charge is 2.11. The van der Waals surface area contributed by atoms with Gasteiger partial charge >= 0.3 is 0 Å². The van der Waals surface area contributed by atoms with Crippen molar-refractivity contribution in [1.82, 2.24) is 25.2 Å². The van der Waals surface area contributed by atoms with Crippen molar-refractivity contribution in [1.29, 1.82) is 0 Å². The summed E-state index contributed by atoms with van der Waals surface area (Å²) in [7, 11) is 3.87. The van der Waals surface area contributed by atoms with Crippen LogP contribution in [-0.2, 0) is 17.9 Å². The number of H-pyrrole nitrogens is 1. The smallest absolute Gasteiger partial charge is 0.244 e. The predicted octanol–water partition coefficient (Wildman–Crippen LogP) is 4.81. The molecule has 0 spiro atoms. The van der Waals surface area contributed by atoms with E-state index in [-0.39, 0.29) is 18.3 Å². The Morgan fingerprint density at radius 1 is 1.19 bits per heavy atom. The molecular weight excluding hydrogens is 483 g/mol. The van der Waals surface area contributed by atoms with Gasteiger partial charge in [-0.3, -0.25) is 4.79 Å². The third-order valence-electron chi connectivity index (χ3n) is 5.14. The fourth-order valence-electron chi connectivity index (χ4n) is 3.42. The van der Waals surface area contributed by atoms with Crippen molar-refractivity contribution >= 4 is 40.0 Å². The number of hydrogen-bond donors (Lipinski definition) is 3. The SMILES string of the molecule is CN(C)C/C=C/C(=O)NCc1cc2ncnc(Nc3ccc(OCc4cccc(F)c4)c(Cl)c3)c2[nH]1. The van der Waals surface area contributed by atoms with Crippen LogP contribution in [0.15, 0.2) is 67.0 Å². The van der Waals surface area contributed by atoms with Crippen molar-refractivity contribution in [2.45, 2.75) is 13.2 Å². The number of carbonyl (C=O) groups excluding carboxylic acids is 1. The first-order valence-electron chi connectivity index (χ1n) is 11.2. The van der Waals surface area contributed by atoms with Crippen LogP contribution in [0.2, 0.25) is 5.02 Å². The number of nitrogens with zero attached hydrogens (tertiary/aromatic N) is 3. The second-order valence-corrected chi connectivity index (χ2v) is 8.76. The van der Waals surface area contributed by atoms with Crippen molar-refractivity contribution in [3.63, 3.8) is 0 Å². The van der Waals surface area contributed by atoms with Crippen LogP contribution in [0.3, 0.4) is 0 Å². The second kappa shape index (κ2) is 11.7. The molecule has 3 N–H and O–H groups in total. The van der Waals surface area contributed by atoms with Gasteiger partial charge in [-0.1, -0.05) is 29.8 Å². The molecule has 2 aromatic heterocycles. The van der Waals surface area contributed by atoms with Crippen LogP contribution in [0.1, 0.15) is 11.3 Å². The molecule has 0 aliphatic heterocycles. The quantitative estimate of drug-likeness (QED) is 0.266. The van der Waals surface area contributed by atoms with Crippen molar-refractivity contribution < 1.29 is 13.9 Å². The molecule has 186 valence electrons. The van der Waals surface area contributed by atoms with Gasteiger partial charge in [-0.05, 0) is 56.1 Å². The topological polar surface area (TPSA) is 95.2 Å². The van der Waals surface area contributed by atoms with Crippen molar-refractivity contribution in [3.05, 3.63) is 89.1 Å². The lowest BCUT2D eigenvalue weighted by Crippen LogP contribution is -2.21. The number of aromatic amines is 1. The molecule has 0 bridgehead atoms. The average Bonchev–Trinajstić information content (AvgIpc) is 3.26. The lowest BCUT2D eigenvalue weighted by atomic mass is 10.2. The van der Waals surface area contributed by atoms with Crippen LogP contribution in [0.25, 0.3) is 11.0 Å². The number of benzene rings is 2. The third kappa shape index (κ3) is 6.80. The number of halogens is 2. The maximum atomic E-state index is 13.4. The Labute approximate surface area is 213 Å². The Kier molecular flexibility index (Phi) is 8.14. The van der Waals surface area contributed by atoms with E-state index >= 15 is 0 Å². The van der Waals surface area contributed by atoms with Gasteiger partial charge in [0.1, 0.15) is 30.0 Å². The second-order valence-electron chi connectivity index (χ2n) is 8.35. The fourth-order valence-corrected chi connectivity index (χ4v) is 3.65. The lowest BCUT2D eigenvalue weighted by Gasteiger charge is -2.11. The van der Waals surface area contributed by atoms with Crippen LogP contribution in [-0.4, -0.2) is 46.4 Å². The third-order valence-corrected chi connectivity index (χ3v) is 5.44. The van der Waals surface area contributed by atoms with Crippen molar-refractivity contribution in [2.24, 2.45) is 0 Å². The van der Waals surface area contributed by atoms with Gasteiger partial charge in [0.05, 0.1) is 17.1 Å². The summed E-state index contributed by atoms with van der Waals surface area (Å²) < 4.78 is 19.1. The molecule has 0 saturated heterocycles. The van der Waals surface area contributed by atoms with E-state index in [0.29, 0.717) is 52.0 Å². The molecule has 4 aromatic rings. The van der Waals surface area contributed by atoms with Crippen LogP contribution in [0, 0.1) is 5.82 Å². The van der Waals surface area contributed by atoms with Crippen LogP contribution < -0.4 is 15.4 Å². The molecule has 0 radical (unpaired) electrons. The molecular formula is C26H26ClFN6O2. The molecule has 8 nitrogen and oxygen atoms in total. The first kappa shape index (κ1) is 25.2.